The summed E-state index contributed by atoms with van der Waals surface area (Å²) in [6.07, 6.45) is 5.43. The van der Waals surface area contributed by atoms with Crippen LogP contribution < -0.4 is 5.32 Å². The number of nitrogens with zero attached hydrogens (tertiary/aromatic N) is 1. The average molecular weight is 210 g/mol. The second kappa shape index (κ2) is 4.06. The van der Waals surface area contributed by atoms with Crippen LogP contribution in [0.2, 0.25) is 0 Å². The van der Waals surface area contributed by atoms with Crippen molar-refractivity contribution < 1.29 is 0 Å². The highest BCUT2D eigenvalue weighted by Gasteiger charge is 2.47. The van der Waals surface area contributed by atoms with E-state index in [0.29, 0.717) is 11.0 Å². The van der Waals surface area contributed by atoms with Crippen LogP contribution >= 0.6 is 0 Å². The molecule has 0 bridgehead atoms. The summed E-state index contributed by atoms with van der Waals surface area (Å²) in [7, 11) is 0. The molecule has 2 saturated heterocycles. The van der Waals surface area contributed by atoms with Gasteiger partial charge in [0.05, 0.1) is 0 Å². The number of hydrogen-bond donors (Lipinski definition) is 1. The van der Waals surface area contributed by atoms with Gasteiger partial charge in [-0.05, 0) is 51.6 Å². The number of rotatable bonds is 3. The van der Waals surface area contributed by atoms with E-state index in [1.807, 2.05) is 0 Å². The maximum atomic E-state index is 3.47. The van der Waals surface area contributed by atoms with Crippen LogP contribution in [-0.4, -0.2) is 36.6 Å². The van der Waals surface area contributed by atoms with Gasteiger partial charge in [-0.2, -0.15) is 0 Å². The van der Waals surface area contributed by atoms with Gasteiger partial charge in [0.2, 0.25) is 0 Å². The van der Waals surface area contributed by atoms with Crippen molar-refractivity contribution in [3.05, 3.63) is 0 Å². The molecule has 2 heteroatoms. The van der Waals surface area contributed by atoms with Gasteiger partial charge in [-0.25, -0.2) is 0 Å². The maximum absolute atomic E-state index is 3.47. The van der Waals surface area contributed by atoms with Gasteiger partial charge in [0.25, 0.3) is 0 Å². The summed E-state index contributed by atoms with van der Waals surface area (Å²) >= 11 is 0. The highest BCUT2D eigenvalue weighted by molar-refractivity contribution is 5.02. The average Bonchev–Trinajstić information content (AvgIpc) is 2.15. The molecule has 88 valence electrons. The van der Waals surface area contributed by atoms with Gasteiger partial charge in [-0.1, -0.05) is 13.3 Å². The lowest BCUT2D eigenvalue weighted by atomic mass is 9.70. The highest BCUT2D eigenvalue weighted by atomic mass is 15.3. The van der Waals surface area contributed by atoms with Gasteiger partial charge < -0.3 is 5.32 Å². The molecule has 1 N–H and O–H groups in total. The fourth-order valence-corrected chi connectivity index (χ4v) is 3.23. The predicted octanol–water partition coefficient (Wildman–Crippen LogP) is 2.25. The Morgan fingerprint density at radius 3 is 2.33 bits per heavy atom. The molecule has 0 saturated carbocycles. The largest absolute Gasteiger partial charge is 0.317 e. The van der Waals surface area contributed by atoms with Crippen molar-refractivity contribution in [3.63, 3.8) is 0 Å². The number of nitrogens with one attached hydrogen (secondary N) is 1. The van der Waals surface area contributed by atoms with E-state index in [1.165, 1.54) is 51.9 Å². The number of likely N-dealkylation sites (tertiary alicyclic amines) is 1. The third-order valence-electron chi connectivity index (χ3n) is 4.43. The third kappa shape index (κ3) is 2.21. The van der Waals surface area contributed by atoms with Gasteiger partial charge in [-0.15, -0.1) is 0 Å². The minimum Gasteiger partial charge on any atom is -0.317 e. The highest BCUT2D eigenvalue weighted by Crippen LogP contribution is 2.43. The minimum atomic E-state index is 0.435. The molecule has 0 atom stereocenters. The van der Waals surface area contributed by atoms with Crippen LogP contribution in [0.5, 0.6) is 0 Å². The van der Waals surface area contributed by atoms with Crippen molar-refractivity contribution in [3.8, 4) is 0 Å². The molecule has 2 heterocycles. The lowest BCUT2D eigenvalue weighted by molar-refractivity contribution is -0.0836. The predicted molar refractivity (Wildman–Crippen MR) is 65.1 cm³/mol. The molecule has 0 aliphatic carbocycles. The topological polar surface area (TPSA) is 15.3 Å². The molecule has 0 aromatic rings. The number of hydrogen-bond acceptors (Lipinski definition) is 2. The van der Waals surface area contributed by atoms with Crippen LogP contribution in [0, 0.1) is 5.41 Å². The second-order valence-electron chi connectivity index (χ2n) is 6.17. The Kier molecular flexibility index (Phi) is 3.09. The van der Waals surface area contributed by atoms with Crippen LogP contribution in [-0.2, 0) is 0 Å². The standard InChI is InChI=1S/C13H26N2/c1-4-5-12(2,3)15-10-13(11-15)6-8-14-9-7-13/h14H,4-11H2,1-3H3. The Balaban J connectivity index is 1.86. The summed E-state index contributed by atoms with van der Waals surface area (Å²) in [5, 5.41) is 3.47. The fourth-order valence-electron chi connectivity index (χ4n) is 3.23. The summed E-state index contributed by atoms with van der Waals surface area (Å²) in [4.78, 5) is 2.70. The van der Waals surface area contributed by atoms with E-state index >= 15 is 0 Å². The summed E-state index contributed by atoms with van der Waals surface area (Å²) < 4.78 is 0. The van der Waals surface area contributed by atoms with Crippen LogP contribution in [0.1, 0.15) is 46.5 Å². The molecule has 0 radical (unpaired) electrons. The Hall–Kier alpha value is -0.0800. The van der Waals surface area contributed by atoms with Crippen LogP contribution in [0.15, 0.2) is 0 Å². The van der Waals surface area contributed by atoms with Gasteiger partial charge >= 0.3 is 0 Å². The normalized spacial score (nSPS) is 26.6. The first-order valence-corrected chi connectivity index (χ1v) is 6.54. The molecule has 2 nitrogen and oxygen atoms in total. The quantitative estimate of drug-likeness (QED) is 0.768. The lowest BCUT2D eigenvalue weighted by Gasteiger charge is -2.58. The molecular weight excluding hydrogens is 184 g/mol. The zero-order valence-electron chi connectivity index (χ0n) is 10.6. The second-order valence-corrected chi connectivity index (χ2v) is 6.17. The SMILES string of the molecule is CCCC(C)(C)N1CC2(CCNCC2)C1. The molecule has 0 aromatic heterocycles. The van der Waals surface area contributed by atoms with E-state index in [1.54, 1.807) is 0 Å². The zero-order valence-corrected chi connectivity index (χ0v) is 10.6. The Morgan fingerprint density at radius 1 is 1.20 bits per heavy atom. The lowest BCUT2D eigenvalue weighted by Crippen LogP contribution is -2.65. The van der Waals surface area contributed by atoms with E-state index in [-0.39, 0.29) is 0 Å². The van der Waals surface area contributed by atoms with Crippen LogP contribution in [0.4, 0.5) is 0 Å². The van der Waals surface area contributed by atoms with E-state index in [2.05, 4.69) is 31.0 Å². The zero-order chi connectivity index (χ0) is 10.9. The molecule has 0 amide bonds. The van der Waals surface area contributed by atoms with Crippen molar-refractivity contribution in [1.29, 1.82) is 0 Å². The van der Waals surface area contributed by atoms with E-state index in [9.17, 15) is 0 Å². The Morgan fingerprint density at radius 2 is 1.80 bits per heavy atom. The van der Waals surface area contributed by atoms with Crippen molar-refractivity contribution in [1.82, 2.24) is 10.2 Å². The maximum Gasteiger partial charge on any atom is 0.0153 e. The molecule has 0 aromatic carbocycles. The van der Waals surface area contributed by atoms with Gasteiger partial charge in [0, 0.05) is 18.6 Å². The monoisotopic (exact) mass is 210 g/mol. The van der Waals surface area contributed by atoms with Crippen molar-refractivity contribution in [2.24, 2.45) is 5.41 Å². The summed E-state index contributed by atoms with van der Waals surface area (Å²) in [5.74, 6) is 0. The molecule has 2 fully saturated rings. The molecule has 15 heavy (non-hydrogen) atoms. The molecule has 2 aliphatic heterocycles. The molecule has 1 spiro atoms. The Bertz CT molecular complexity index is 209. The first kappa shape index (κ1) is 11.4. The summed E-state index contributed by atoms with van der Waals surface area (Å²) in [6.45, 7) is 12.3. The van der Waals surface area contributed by atoms with E-state index in [0.717, 1.165) is 0 Å². The Labute approximate surface area is 94.4 Å². The van der Waals surface area contributed by atoms with E-state index in [4.69, 9.17) is 0 Å². The first-order chi connectivity index (χ1) is 7.08. The van der Waals surface area contributed by atoms with Gasteiger partial charge in [0.15, 0.2) is 0 Å². The van der Waals surface area contributed by atoms with Crippen molar-refractivity contribution in [2.45, 2.75) is 52.0 Å². The van der Waals surface area contributed by atoms with Crippen LogP contribution in [0.3, 0.4) is 0 Å². The number of piperidine rings is 1. The minimum absolute atomic E-state index is 0.435. The fraction of sp³-hybridized carbons (Fsp3) is 1.00. The van der Waals surface area contributed by atoms with Crippen molar-refractivity contribution in [2.75, 3.05) is 26.2 Å². The summed E-state index contributed by atoms with van der Waals surface area (Å²) in [6, 6.07) is 0. The molecule has 2 aliphatic rings. The third-order valence-corrected chi connectivity index (χ3v) is 4.43. The van der Waals surface area contributed by atoms with E-state index < -0.39 is 0 Å². The van der Waals surface area contributed by atoms with Gasteiger partial charge in [-0.3, -0.25) is 4.90 Å². The van der Waals surface area contributed by atoms with Crippen LogP contribution in [0.25, 0.3) is 0 Å². The molecular formula is C13H26N2. The summed E-state index contributed by atoms with van der Waals surface area (Å²) in [5.41, 5.74) is 1.13. The van der Waals surface area contributed by atoms with Gasteiger partial charge in [0.1, 0.15) is 0 Å². The van der Waals surface area contributed by atoms with Crippen molar-refractivity contribution >= 4 is 0 Å². The molecule has 0 unspecified atom stereocenters. The smallest absolute Gasteiger partial charge is 0.0153 e. The molecule has 2 rings (SSSR count). The first-order valence-electron chi connectivity index (χ1n) is 6.54.